The second-order valence-corrected chi connectivity index (χ2v) is 12.7. The van der Waals surface area contributed by atoms with Gasteiger partial charge in [0.15, 0.2) is 0 Å². The van der Waals surface area contributed by atoms with Gasteiger partial charge in [-0.15, -0.1) is 11.3 Å². The van der Waals surface area contributed by atoms with Gasteiger partial charge in [-0.2, -0.15) is 0 Å². The number of cyclic esters (lactones) is 2. The molecule has 5 fully saturated rings. The largest absolute Gasteiger partial charge is 0.386 e. The van der Waals surface area contributed by atoms with Gasteiger partial charge in [0, 0.05) is 31.5 Å². The van der Waals surface area contributed by atoms with Crippen LogP contribution in [0.2, 0.25) is 0 Å². The lowest BCUT2D eigenvalue weighted by molar-refractivity contribution is -0.150. The molecule has 1 aromatic heterocycles. The van der Waals surface area contributed by atoms with E-state index in [2.05, 4.69) is 48.5 Å². The Labute approximate surface area is 214 Å². The molecule has 3 aromatic rings. The molecule has 0 radical (unpaired) electrons. The van der Waals surface area contributed by atoms with Gasteiger partial charge in [0.25, 0.3) is 0 Å². The lowest BCUT2D eigenvalue weighted by atomic mass is 9.54. The van der Waals surface area contributed by atoms with E-state index in [1.807, 2.05) is 11.3 Å². The van der Waals surface area contributed by atoms with Crippen LogP contribution in [0.15, 0.2) is 60.2 Å². The summed E-state index contributed by atoms with van der Waals surface area (Å²) < 4.78 is 7.63. The summed E-state index contributed by atoms with van der Waals surface area (Å²) in [5.41, 5.74) is 5.24. The van der Waals surface area contributed by atoms with Gasteiger partial charge in [-0.25, -0.2) is 9.59 Å². The van der Waals surface area contributed by atoms with Crippen molar-refractivity contribution in [2.75, 3.05) is 0 Å². The zero-order valence-corrected chi connectivity index (χ0v) is 21.0. The quantitative estimate of drug-likeness (QED) is 0.353. The first-order valence-corrected chi connectivity index (χ1v) is 14.3. The van der Waals surface area contributed by atoms with Crippen LogP contribution in [-0.4, -0.2) is 11.9 Å². The van der Waals surface area contributed by atoms with Crippen LogP contribution in [0.4, 0.5) is 0 Å². The van der Waals surface area contributed by atoms with Crippen molar-refractivity contribution >= 4 is 44.5 Å². The van der Waals surface area contributed by atoms with Crippen LogP contribution in [-0.2, 0) is 14.3 Å². The van der Waals surface area contributed by atoms with Crippen molar-refractivity contribution in [3.8, 4) is 0 Å². The molecule has 2 heterocycles. The number of hydrogen-bond acceptors (Lipinski definition) is 4. The van der Waals surface area contributed by atoms with Crippen molar-refractivity contribution in [3.63, 3.8) is 0 Å². The molecule has 2 aromatic carbocycles. The minimum atomic E-state index is -0.564. The topological polar surface area (TPSA) is 43.4 Å². The number of esters is 2. The van der Waals surface area contributed by atoms with Gasteiger partial charge in [0.2, 0.25) is 0 Å². The first kappa shape index (κ1) is 21.1. The van der Waals surface area contributed by atoms with Crippen molar-refractivity contribution in [2.45, 2.75) is 50.9 Å². The third kappa shape index (κ3) is 3.23. The van der Waals surface area contributed by atoms with E-state index in [0.717, 1.165) is 28.2 Å². The maximum atomic E-state index is 13.0. The number of carbonyl (C=O) groups excluding carboxylic acids is 2. The maximum absolute atomic E-state index is 13.0. The number of ether oxygens (including phenoxy) is 1. The SMILES string of the molecule is O=C1C=C(/C(c2ccc(C3CC3)cc2)=c2\c(=C3C4CC5CC(C4)CC3C5)sc3ccccc23)C(=O)O1. The number of thiophene rings is 1. The molecule has 6 aliphatic rings. The fourth-order valence-electron chi connectivity index (χ4n) is 7.86. The summed E-state index contributed by atoms with van der Waals surface area (Å²) in [5.74, 6) is 2.65. The molecule has 5 aliphatic carbocycles. The number of fused-ring (bicyclic) bond motifs is 1. The van der Waals surface area contributed by atoms with Crippen molar-refractivity contribution in [3.05, 3.63) is 81.1 Å². The minimum Gasteiger partial charge on any atom is -0.386 e. The lowest BCUT2D eigenvalue weighted by Crippen LogP contribution is -2.43. The molecule has 180 valence electrons. The van der Waals surface area contributed by atoms with E-state index in [1.165, 1.54) is 71.2 Å². The average Bonchev–Trinajstić information content (AvgIpc) is 3.58. The molecule has 4 bridgehead atoms. The highest BCUT2D eigenvalue weighted by molar-refractivity contribution is 7.17. The standard InChI is InChI=1S/C32H28O3S/c33-27-16-25(32(34)35-27)29(21-9-7-20(8-10-21)19-5-6-19)30-24-3-1-2-4-26(24)36-31(30)28-22-12-17-11-18(14-22)15-23(28)13-17/h1-4,7-10,16-19,22-23H,5-6,11-15H2/b30-29-,31-28?. The molecule has 3 nitrogen and oxygen atoms in total. The van der Waals surface area contributed by atoms with E-state index >= 15 is 0 Å². The first-order valence-electron chi connectivity index (χ1n) is 13.5. The summed E-state index contributed by atoms with van der Waals surface area (Å²) in [7, 11) is 0. The van der Waals surface area contributed by atoms with Gasteiger partial charge < -0.3 is 4.74 Å². The van der Waals surface area contributed by atoms with Crippen LogP contribution in [0.5, 0.6) is 0 Å². The Morgan fingerprint density at radius 1 is 0.806 bits per heavy atom. The van der Waals surface area contributed by atoms with Crippen molar-refractivity contribution in [2.24, 2.45) is 23.7 Å². The summed E-state index contributed by atoms with van der Waals surface area (Å²) >= 11 is 1.88. The third-order valence-electron chi connectivity index (χ3n) is 9.32. The molecule has 0 saturated heterocycles. The number of hydrogen-bond donors (Lipinski definition) is 0. The predicted molar refractivity (Wildman–Crippen MR) is 142 cm³/mol. The van der Waals surface area contributed by atoms with Crippen LogP contribution < -0.4 is 9.75 Å². The van der Waals surface area contributed by atoms with E-state index in [-0.39, 0.29) is 0 Å². The fourth-order valence-corrected chi connectivity index (χ4v) is 9.27. The smallest absolute Gasteiger partial charge is 0.346 e. The Morgan fingerprint density at radius 2 is 1.50 bits per heavy atom. The summed E-state index contributed by atoms with van der Waals surface area (Å²) in [6, 6.07) is 17.3. The molecule has 0 N–H and O–H groups in total. The van der Waals surface area contributed by atoms with Gasteiger partial charge in [0.05, 0.1) is 5.57 Å². The molecule has 9 rings (SSSR count). The molecular formula is C32H28O3S. The minimum absolute atomic E-state index is 0.397. The van der Waals surface area contributed by atoms with Gasteiger partial charge in [-0.05, 0) is 97.3 Å². The first-order chi connectivity index (χ1) is 17.6. The summed E-state index contributed by atoms with van der Waals surface area (Å²) in [4.78, 5) is 25.2. The Bertz CT molecular complexity index is 1570. The van der Waals surface area contributed by atoms with Crippen molar-refractivity contribution in [1.82, 2.24) is 0 Å². The highest BCUT2D eigenvalue weighted by Gasteiger charge is 2.45. The Hall–Kier alpha value is -2.98. The predicted octanol–water partition coefficient (Wildman–Crippen LogP) is 5.59. The van der Waals surface area contributed by atoms with Crippen LogP contribution in [0.3, 0.4) is 0 Å². The zero-order chi connectivity index (χ0) is 24.0. The van der Waals surface area contributed by atoms with Crippen LogP contribution in [0, 0.1) is 23.7 Å². The van der Waals surface area contributed by atoms with Gasteiger partial charge in [0.1, 0.15) is 0 Å². The molecule has 4 heteroatoms. The van der Waals surface area contributed by atoms with Crippen LogP contribution in [0.25, 0.3) is 21.2 Å². The number of carbonyl (C=O) groups is 2. The third-order valence-corrected chi connectivity index (χ3v) is 10.5. The molecule has 1 aliphatic heterocycles. The monoisotopic (exact) mass is 492 g/mol. The highest BCUT2D eigenvalue weighted by atomic mass is 32.1. The second kappa shape index (κ2) is 7.76. The molecular weight excluding hydrogens is 464 g/mol. The van der Waals surface area contributed by atoms with Gasteiger partial charge in [-0.1, -0.05) is 42.5 Å². The number of benzene rings is 2. The molecule has 5 saturated carbocycles. The van der Waals surface area contributed by atoms with Crippen molar-refractivity contribution in [1.29, 1.82) is 0 Å². The van der Waals surface area contributed by atoms with E-state index in [1.54, 1.807) is 5.57 Å². The van der Waals surface area contributed by atoms with E-state index in [4.69, 9.17) is 4.74 Å². The molecule has 36 heavy (non-hydrogen) atoms. The zero-order valence-electron chi connectivity index (χ0n) is 20.2. The van der Waals surface area contributed by atoms with Crippen molar-refractivity contribution < 1.29 is 14.3 Å². The van der Waals surface area contributed by atoms with E-state index in [0.29, 0.717) is 23.3 Å². The van der Waals surface area contributed by atoms with Crippen LogP contribution >= 0.6 is 11.3 Å². The molecule has 0 unspecified atom stereocenters. The average molecular weight is 493 g/mol. The summed E-state index contributed by atoms with van der Waals surface area (Å²) in [6.07, 6.45) is 10.6. The lowest BCUT2D eigenvalue weighted by Gasteiger charge is -2.51. The normalized spacial score (nSPS) is 29.7. The maximum Gasteiger partial charge on any atom is 0.346 e. The summed E-state index contributed by atoms with van der Waals surface area (Å²) in [5, 5.41) is 2.31. The van der Waals surface area contributed by atoms with Gasteiger partial charge >= 0.3 is 11.9 Å². The second-order valence-electron chi connectivity index (χ2n) is 11.6. The van der Waals surface area contributed by atoms with E-state index in [9.17, 15) is 9.59 Å². The Kier molecular flexibility index (Phi) is 4.56. The van der Waals surface area contributed by atoms with E-state index < -0.39 is 11.9 Å². The Morgan fingerprint density at radius 3 is 2.14 bits per heavy atom. The van der Waals surface area contributed by atoms with Crippen LogP contribution in [0.1, 0.15) is 62.0 Å². The molecule has 0 spiro atoms. The highest BCUT2D eigenvalue weighted by Crippen LogP contribution is 2.56. The Balaban J connectivity index is 1.49. The molecule has 0 atom stereocenters. The number of rotatable bonds is 3. The summed E-state index contributed by atoms with van der Waals surface area (Å²) in [6.45, 7) is 0. The van der Waals surface area contributed by atoms with Gasteiger partial charge in [-0.3, -0.25) is 0 Å². The fraction of sp³-hybridized carbons (Fsp3) is 0.375. The molecule has 0 amide bonds.